The average Bonchev–Trinajstić information content (AvgIpc) is 2.33. The predicted molar refractivity (Wildman–Crippen MR) is 68.8 cm³/mol. The number of benzene rings is 1. The summed E-state index contributed by atoms with van der Waals surface area (Å²) in [6, 6.07) is 9.76. The molecular formula is C15H19F. The third kappa shape index (κ3) is 2.82. The molecule has 16 heavy (non-hydrogen) atoms. The molecule has 0 saturated carbocycles. The van der Waals surface area contributed by atoms with E-state index in [0.29, 0.717) is 6.42 Å². The molecule has 1 heteroatoms. The molecule has 0 N–H and O–H groups in total. The summed E-state index contributed by atoms with van der Waals surface area (Å²) in [4.78, 5) is 0. The van der Waals surface area contributed by atoms with E-state index in [1.54, 1.807) is 0 Å². The van der Waals surface area contributed by atoms with Crippen molar-refractivity contribution in [1.29, 1.82) is 0 Å². The minimum Gasteiger partial charge on any atom is -0.206 e. The van der Waals surface area contributed by atoms with Gasteiger partial charge in [-0.2, -0.15) is 0 Å². The molecule has 0 unspecified atom stereocenters. The third-order valence-corrected chi connectivity index (χ3v) is 2.75. The molecule has 1 rings (SSSR count). The second kappa shape index (κ2) is 6.26. The van der Waals surface area contributed by atoms with Crippen LogP contribution < -0.4 is 0 Å². The number of hydrogen-bond donors (Lipinski definition) is 0. The monoisotopic (exact) mass is 218 g/mol. The summed E-state index contributed by atoms with van der Waals surface area (Å²) in [7, 11) is 0. The fourth-order valence-corrected chi connectivity index (χ4v) is 1.81. The molecular weight excluding hydrogens is 199 g/mol. The predicted octanol–water partition coefficient (Wildman–Crippen LogP) is 5.13. The minimum absolute atomic E-state index is 0.0568. The molecule has 0 spiro atoms. The van der Waals surface area contributed by atoms with Gasteiger partial charge < -0.3 is 0 Å². The molecule has 0 aliphatic heterocycles. The summed E-state index contributed by atoms with van der Waals surface area (Å²) in [5.74, 6) is -0.0568. The van der Waals surface area contributed by atoms with Crippen molar-refractivity contribution in [2.24, 2.45) is 0 Å². The van der Waals surface area contributed by atoms with Gasteiger partial charge in [-0.05, 0) is 36.5 Å². The molecule has 0 fully saturated rings. The van der Waals surface area contributed by atoms with E-state index in [1.807, 2.05) is 57.2 Å². The van der Waals surface area contributed by atoms with E-state index >= 15 is 0 Å². The van der Waals surface area contributed by atoms with Crippen LogP contribution in [0.25, 0.3) is 5.57 Å². The largest absolute Gasteiger partial charge is 0.206 e. The maximum absolute atomic E-state index is 14.2. The number of halogens is 1. The zero-order valence-corrected chi connectivity index (χ0v) is 10.3. The van der Waals surface area contributed by atoms with Crippen LogP contribution in [0, 0.1) is 0 Å². The van der Waals surface area contributed by atoms with Gasteiger partial charge in [0.15, 0.2) is 0 Å². The molecule has 86 valence electrons. The van der Waals surface area contributed by atoms with E-state index in [0.717, 1.165) is 23.1 Å². The van der Waals surface area contributed by atoms with Crippen LogP contribution in [0.5, 0.6) is 0 Å². The maximum atomic E-state index is 14.2. The Hall–Kier alpha value is -1.37. The summed E-state index contributed by atoms with van der Waals surface area (Å²) in [6.45, 7) is 5.86. The molecule has 1 aromatic rings. The smallest absolute Gasteiger partial charge is 0.129 e. The highest BCUT2D eigenvalue weighted by atomic mass is 19.1. The van der Waals surface area contributed by atoms with Crippen LogP contribution in [0.1, 0.15) is 39.2 Å². The number of allylic oxidation sites excluding steroid dienone is 4. The summed E-state index contributed by atoms with van der Waals surface area (Å²) in [5, 5.41) is 0. The zero-order valence-electron chi connectivity index (χ0n) is 10.3. The SMILES string of the molecule is C/C=C(CC)\C(F)=C(/CC)c1ccccc1. The fourth-order valence-electron chi connectivity index (χ4n) is 1.81. The van der Waals surface area contributed by atoms with Crippen LogP contribution in [0.2, 0.25) is 0 Å². The Labute approximate surface area is 97.5 Å². The van der Waals surface area contributed by atoms with E-state index in [4.69, 9.17) is 0 Å². The van der Waals surface area contributed by atoms with Crippen molar-refractivity contribution in [3.63, 3.8) is 0 Å². The maximum Gasteiger partial charge on any atom is 0.129 e. The van der Waals surface area contributed by atoms with Gasteiger partial charge >= 0.3 is 0 Å². The van der Waals surface area contributed by atoms with E-state index in [-0.39, 0.29) is 5.83 Å². The Bertz CT molecular complexity index is 385. The molecule has 0 amide bonds. The lowest BCUT2D eigenvalue weighted by molar-refractivity contribution is 0.642. The first-order valence-electron chi connectivity index (χ1n) is 5.84. The van der Waals surface area contributed by atoms with Crippen molar-refractivity contribution < 1.29 is 4.39 Å². The number of hydrogen-bond acceptors (Lipinski definition) is 0. The van der Waals surface area contributed by atoms with Crippen LogP contribution >= 0.6 is 0 Å². The molecule has 0 bridgehead atoms. The highest BCUT2D eigenvalue weighted by molar-refractivity contribution is 5.70. The van der Waals surface area contributed by atoms with Crippen LogP contribution in [0.15, 0.2) is 47.8 Å². The lowest BCUT2D eigenvalue weighted by atomic mass is 9.98. The van der Waals surface area contributed by atoms with Crippen molar-refractivity contribution >= 4 is 5.57 Å². The van der Waals surface area contributed by atoms with Crippen LogP contribution in [-0.4, -0.2) is 0 Å². The summed E-state index contributed by atoms with van der Waals surface area (Å²) < 4.78 is 14.2. The van der Waals surface area contributed by atoms with E-state index < -0.39 is 0 Å². The van der Waals surface area contributed by atoms with Gasteiger partial charge in [-0.1, -0.05) is 50.3 Å². The first-order valence-corrected chi connectivity index (χ1v) is 5.84. The van der Waals surface area contributed by atoms with Crippen molar-refractivity contribution in [2.75, 3.05) is 0 Å². The lowest BCUT2D eigenvalue weighted by Crippen LogP contribution is -1.90. The molecule has 0 nitrogen and oxygen atoms in total. The van der Waals surface area contributed by atoms with Crippen molar-refractivity contribution in [1.82, 2.24) is 0 Å². The summed E-state index contributed by atoms with van der Waals surface area (Å²) in [5.41, 5.74) is 2.58. The lowest BCUT2D eigenvalue weighted by Gasteiger charge is -2.09. The van der Waals surface area contributed by atoms with Gasteiger partial charge in [0.1, 0.15) is 5.83 Å². The second-order valence-corrected chi connectivity index (χ2v) is 3.68. The molecule has 1 aromatic carbocycles. The third-order valence-electron chi connectivity index (χ3n) is 2.75. The summed E-state index contributed by atoms with van der Waals surface area (Å²) in [6.07, 6.45) is 3.31. The summed E-state index contributed by atoms with van der Waals surface area (Å²) >= 11 is 0. The van der Waals surface area contributed by atoms with Gasteiger partial charge in [0.05, 0.1) is 0 Å². The van der Waals surface area contributed by atoms with Gasteiger partial charge in [0, 0.05) is 0 Å². The Balaban J connectivity index is 3.20. The quantitative estimate of drug-likeness (QED) is 0.614. The topological polar surface area (TPSA) is 0 Å². The van der Waals surface area contributed by atoms with Crippen molar-refractivity contribution in [3.05, 3.63) is 53.4 Å². The Kier molecular flexibility index (Phi) is 4.97. The first-order chi connectivity index (χ1) is 7.74. The Morgan fingerprint density at radius 2 is 1.75 bits per heavy atom. The van der Waals surface area contributed by atoms with Crippen LogP contribution in [0.3, 0.4) is 0 Å². The molecule has 0 saturated heterocycles. The van der Waals surface area contributed by atoms with Gasteiger partial charge in [0.2, 0.25) is 0 Å². The van der Waals surface area contributed by atoms with E-state index in [1.165, 1.54) is 0 Å². The van der Waals surface area contributed by atoms with Crippen molar-refractivity contribution in [2.45, 2.75) is 33.6 Å². The first kappa shape index (κ1) is 12.7. The molecule has 0 heterocycles. The minimum atomic E-state index is -0.0568. The molecule has 0 atom stereocenters. The van der Waals surface area contributed by atoms with Gasteiger partial charge in [-0.15, -0.1) is 0 Å². The average molecular weight is 218 g/mol. The zero-order chi connectivity index (χ0) is 12.0. The van der Waals surface area contributed by atoms with Gasteiger partial charge in [-0.25, -0.2) is 4.39 Å². The van der Waals surface area contributed by atoms with Gasteiger partial charge in [0.25, 0.3) is 0 Å². The van der Waals surface area contributed by atoms with Crippen LogP contribution in [-0.2, 0) is 0 Å². The fraction of sp³-hybridized carbons (Fsp3) is 0.333. The van der Waals surface area contributed by atoms with E-state index in [2.05, 4.69) is 0 Å². The van der Waals surface area contributed by atoms with E-state index in [9.17, 15) is 4.39 Å². The molecule has 0 aliphatic rings. The highest BCUT2D eigenvalue weighted by Crippen LogP contribution is 2.28. The molecule has 0 aliphatic carbocycles. The molecule has 0 aromatic heterocycles. The van der Waals surface area contributed by atoms with Gasteiger partial charge in [-0.3, -0.25) is 0 Å². The van der Waals surface area contributed by atoms with Crippen molar-refractivity contribution in [3.8, 4) is 0 Å². The number of rotatable bonds is 4. The highest BCUT2D eigenvalue weighted by Gasteiger charge is 2.09. The second-order valence-electron chi connectivity index (χ2n) is 3.68. The Morgan fingerprint density at radius 1 is 1.12 bits per heavy atom. The Morgan fingerprint density at radius 3 is 2.19 bits per heavy atom. The normalized spacial score (nSPS) is 13.6. The molecule has 0 radical (unpaired) electrons. The standard InChI is InChI=1S/C15H19F/c1-4-12(5-2)15(16)14(6-3)13-10-8-7-9-11-13/h4,7-11H,5-6H2,1-3H3/b12-4-,15-14-. The van der Waals surface area contributed by atoms with Crippen LogP contribution in [0.4, 0.5) is 4.39 Å².